The zero-order valence-corrected chi connectivity index (χ0v) is 13.1. The summed E-state index contributed by atoms with van der Waals surface area (Å²) in [6.07, 6.45) is -4.81. The van der Waals surface area contributed by atoms with Crippen molar-refractivity contribution in [3.63, 3.8) is 0 Å². The molecule has 0 bridgehead atoms. The minimum atomic E-state index is -4.81. The number of rotatable bonds is 3. The number of benzene rings is 2. The number of para-hydroxylation sites is 1. The average molecular weight is 346 g/mol. The summed E-state index contributed by atoms with van der Waals surface area (Å²) >= 11 is 0. The first-order valence-corrected chi connectivity index (χ1v) is 7.35. The number of hydrogen-bond acceptors (Lipinski definition) is 3. The molecule has 1 heterocycles. The Hall–Kier alpha value is -3.09. The van der Waals surface area contributed by atoms with Gasteiger partial charge in [0.2, 0.25) is 0 Å². The van der Waals surface area contributed by atoms with Gasteiger partial charge in [-0.25, -0.2) is 0 Å². The van der Waals surface area contributed by atoms with E-state index >= 15 is 0 Å². The Bertz CT molecular complexity index is 939. The van der Waals surface area contributed by atoms with Gasteiger partial charge in [0.25, 0.3) is 5.91 Å². The monoisotopic (exact) mass is 346 g/mol. The zero-order chi connectivity index (χ0) is 18.0. The predicted molar refractivity (Wildman–Crippen MR) is 87.6 cm³/mol. The maximum atomic E-state index is 12.4. The molecule has 2 aromatic carbocycles. The van der Waals surface area contributed by atoms with Gasteiger partial charge in [-0.05, 0) is 37.3 Å². The summed E-state index contributed by atoms with van der Waals surface area (Å²) in [5.74, 6) is -1.00. The van der Waals surface area contributed by atoms with E-state index in [2.05, 4.69) is 15.0 Å². The highest BCUT2D eigenvalue weighted by Gasteiger charge is 2.31. The number of hydrogen-bond donors (Lipinski definition) is 1. The molecule has 7 heteroatoms. The van der Waals surface area contributed by atoms with Crippen molar-refractivity contribution in [2.45, 2.75) is 13.3 Å². The third kappa shape index (κ3) is 4.06. The highest BCUT2D eigenvalue weighted by Crippen LogP contribution is 2.25. The molecule has 25 heavy (non-hydrogen) atoms. The van der Waals surface area contributed by atoms with Gasteiger partial charge in [0, 0.05) is 16.6 Å². The largest absolute Gasteiger partial charge is 0.573 e. The molecule has 0 saturated carbocycles. The third-order valence-electron chi connectivity index (χ3n) is 3.44. The summed E-state index contributed by atoms with van der Waals surface area (Å²) in [4.78, 5) is 16.8. The number of aromatic nitrogens is 1. The minimum absolute atomic E-state index is 0.0476. The van der Waals surface area contributed by atoms with Crippen molar-refractivity contribution in [3.05, 3.63) is 65.9 Å². The molecule has 0 aliphatic rings. The van der Waals surface area contributed by atoms with Crippen LogP contribution in [0.5, 0.6) is 5.75 Å². The van der Waals surface area contributed by atoms with Gasteiger partial charge in [-0.1, -0.05) is 24.3 Å². The second-order valence-corrected chi connectivity index (χ2v) is 5.36. The van der Waals surface area contributed by atoms with E-state index in [4.69, 9.17) is 0 Å². The Morgan fingerprint density at radius 1 is 1.08 bits per heavy atom. The molecule has 0 aliphatic heterocycles. The fraction of sp³-hybridized carbons (Fsp3) is 0.111. The molecular formula is C18H13F3N2O2. The first kappa shape index (κ1) is 16.8. The Balaban J connectivity index is 1.88. The number of ether oxygens (including phenoxy) is 1. The van der Waals surface area contributed by atoms with Crippen molar-refractivity contribution in [1.82, 2.24) is 4.98 Å². The number of carbonyl (C=O) groups is 1. The fourth-order valence-corrected chi connectivity index (χ4v) is 2.37. The molecule has 0 unspecified atom stereocenters. The maximum absolute atomic E-state index is 12.4. The molecule has 1 aromatic heterocycles. The lowest BCUT2D eigenvalue weighted by atomic mass is 10.1. The molecule has 0 aliphatic carbocycles. The Kier molecular flexibility index (Phi) is 4.31. The lowest BCUT2D eigenvalue weighted by Gasteiger charge is -2.11. The fourth-order valence-electron chi connectivity index (χ4n) is 2.37. The minimum Gasteiger partial charge on any atom is -0.406 e. The zero-order valence-electron chi connectivity index (χ0n) is 13.1. The number of nitrogens with one attached hydrogen (secondary N) is 1. The molecule has 0 atom stereocenters. The number of pyridine rings is 1. The molecule has 128 valence electrons. The summed E-state index contributed by atoms with van der Waals surface area (Å²) in [7, 11) is 0. The quantitative estimate of drug-likeness (QED) is 0.748. The smallest absolute Gasteiger partial charge is 0.406 e. The van der Waals surface area contributed by atoms with Crippen LogP contribution in [0.2, 0.25) is 0 Å². The van der Waals surface area contributed by atoms with Gasteiger partial charge >= 0.3 is 6.36 Å². The van der Waals surface area contributed by atoms with Gasteiger partial charge in [-0.2, -0.15) is 0 Å². The topological polar surface area (TPSA) is 51.2 Å². The summed E-state index contributed by atoms with van der Waals surface area (Å²) in [6.45, 7) is 1.83. The number of aryl methyl sites for hydroxylation is 1. The van der Waals surface area contributed by atoms with Crippen LogP contribution in [-0.4, -0.2) is 17.3 Å². The second-order valence-electron chi connectivity index (χ2n) is 5.36. The standard InChI is InChI=1S/C18H13F3N2O2/c1-11-8-9-12-4-3-7-15(16(12)22-11)23-17(24)13-5-2-6-14(10-13)25-18(19,20)21/h2-10H,1H3,(H,23,24). The summed E-state index contributed by atoms with van der Waals surface area (Å²) < 4.78 is 40.7. The Morgan fingerprint density at radius 2 is 1.84 bits per heavy atom. The van der Waals surface area contributed by atoms with Gasteiger partial charge < -0.3 is 10.1 Å². The van der Waals surface area contributed by atoms with Gasteiger partial charge in [-0.15, -0.1) is 13.2 Å². The normalized spacial score (nSPS) is 11.4. The number of anilines is 1. The maximum Gasteiger partial charge on any atom is 0.573 e. The Labute approximate surface area is 141 Å². The van der Waals surface area contributed by atoms with Crippen molar-refractivity contribution < 1.29 is 22.7 Å². The molecule has 0 fully saturated rings. The van der Waals surface area contributed by atoms with Crippen molar-refractivity contribution in [3.8, 4) is 5.75 Å². The Morgan fingerprint density at radius 3 is 2.60 bits per heavy atom. The average Bonchev–Trinajstić information content (AvgIpc) is 2.54. The van der Waals surface area contributed by atoms with E-state index in [-0.39, 0.29) is 5.56 Å². The van der Waals surface area contributed by atoms with Gasteiger partial charge in [-0.3, -0.25) is 9.78 Å². The van der Waals surface area contributed by atoms with Crippen LogP contribution in [0.1, 0.15) is 16.1 Å². The molecule has 1 amide bonds. The van der Waals surface area contributed by atoms with Crippen molar-refractivity contribution in [2.24, 2.45) is 0 Å². The SMILES string of the molecule is Cc1ccc2cccc(NC(=O)c3cccc(OC(F)(F)F)c3)c2n1. The molecular weight excluding hydrogens is 333 g/mol. The highest BCUT2D eigenvalue weighted by atomic mass is 19.4. The molecule has 0 spiro atoms. The predicted octanol–water partition coefficient (Wildman–Crippen LogP) is 4.69. The van der Waals surface area contributed by atoms with Crippen LogP contribution in [-0.2, 0) is 0 Å². The summed E-state index contributed by atoms with van der Waals surface area (Å²) in [5.41, 5.74) is 1.92. The van der Waals surface area contributed by atoms with Crippen LogP contribution < -0.4 is 10.1 Å². The van der Waals surface area contributed by atoms with Gasteiger partial charge in [0.1, 0.15) is 5.75 Å². The summed E-state index contributed by atoms with van der Waals surface area (Å²) in [5, 5.41) is 3.53. The number of alkyl halides is 3. The number of carbonyl (C=O) groups excluding carboxylic acids is 1. The molecule has 4 nitrogen and oxygen atoms in total. The molecule has 3 rings (SSSR count). The van der Waals surface area contributed by atoms with Crippen LogP contribution in [0.25, 0.3) is 10.9 Å². The molecule has 3 aromatic rings. The second kappa shape index (κ2) is 6.43. The first-order valence-electron chi connectivity index (χ1n) is 7.35. The molecule has 0 radical (unpaired) electrons. The highest BCUT2D eigenvalue weighted by molar-refractivity contribution is 6.08. The van der Waals surface area contributed by atoms with Gasteiger partial charge in [0.05, 0.1) is 11.2 Å². The van der Waals surface area contributed by atoms with E-state index in [1.54, 1.807) is 12.1 Å². The van der Waals surface area contributed by atoms with E-state index < -0.39 is 18.0 Å². The van der Waals surface area contributed by atoms with Crippen LogP contribution in [0.15, 0.2) is 54.6 Å². The number of amides is 1. The van der Waals surface area contributed by atoms with E-state index in [1.807, 2.05) is 25.1 Å². The van der Waals surface area contributed by atoms with Crippen LogP contribution >= 0.6 is 0 Å². The number of fused-ring (bicyclic) bond motifs is 1. The van der Waals surface area contributed by atoms with Crippen LogP contribution in [0.4, 0.5) is 18.9 Å². The lowest BCUT2D eigenvalue weighted by molar-refractivity contribution is -0.274. The van der Waals surface area contributed by atoms with Gasteiger partial charge in [0.15, 0.2) is 0 Å². The first-order chi connectivity index (χ1) is 11.8. The van der Waals surface area contributed by atoms with Crippen LogP contribution in [0.3, 0.4) is 0 Å². The van der Waals surface area contributed by atoms with Crippen molar-refractivity contribution in [1.29, 1.82) is 0 Å². The van der Waals surface area contributed by atoms with E-state index in [0.717, 1.165) is 23.2 Å². The molecule has 0 saturated heterocycles. The van der Waals surface area contributed by atoms with E-state index in [1.165, 1.54) is 12.1 Å². The van der Waals surface area contributed by atoms with Crippen molar-refractivity contribution in [2.75, 3.05) is 5.32 Å². The number of nitrogens with zero attached hydrogens (tertiary/aromatic N) is 1. The van der Waals surface area contributed by atoms with E-state index in [9.17, 15) is 18.0 Å². The van der Waals surface area contributed by atoms with E-state index in [0.29, 0.717) is 11.2 Å². The van der Waals surface area contributed by atoms with Crippen molar-refractivity contribution >= 4 is 22.5 Å². The lowest BCUT2D eigenvalue weighted by Crippen LogP contribution is -2.18. The number of halogens is 3. The van der Waals surface area contributed by atoms with Crippen LogP contribution in [0, 0.1) is 6.92 Å². The molecule has 1 N–H and O–H groups in total. The summed E-state index contributed by atoms with van der Waals surface area (Å²) in [6, 6.07) is 13.9. The third-order valence-corrected chi connectivity index (χ3v) is 3.44.